The predicted octanol–water partition coefficient (Wildman–Crippen LogP) is 4.68. The monoisotopic (exact) mass is 769 g/mol. The number of rotatable bonds is 6. The van der Waals surface area contributed by atoms with Crippen molar-refractivity contribution >= 4 is 58.7 Å². The molecule has 16 heteroatoms. The molecule has 0 aliphatic carbocycles. The molecule has 6 rings (SSSR count). The standard InChI is InChI=1S/C13H20ClN3O.C11H13ClN2O2.C6H3ClFNO.C5H11NO/c1-16(2)9-11-12(3-4-13(14)15-11)17-7-5-10(18)6-8-17;12-11-2-1-10(9(7-15)13-11)14-5-3-8(16)4-6-14;7-6-2-1-4(8)5(3-10)9-6;7-5-1-3-6-4-2-5/h3-4,10,18H,5-9H2,1-2H3;1-2,7-8,16H,3-6H2;1-3H;5-7H,1-4H2. The molecule has 3 aliphatic rings. The Hall–Kier alpha value is -3.01. The topological polar surface area (TPSA) is 155 Å². The molecule has 4 N–H and O–H groups in total. The van der Waals surface area contributed by atoms with Crippen LogP contribution in [-0.2, 0) is 6.54 Å². The van der Waals surface area contributed by atoms with Crippen molar-refractivity contribution in [3.05, 3.63) is 74.8 Å². The number of pyridine rings is 3. The Bertz CT molecular complexity index is 1520. The summed E-state index contributed by atoms with van der Waals surface area (Å²) in [5, 5.41) is 32.0. The molecule has 280 valence electrons. The van der Waals surface area contributed by atoms with Gasteiger partial charge in [0.1, 0.15) is 26.8 Å². The molecule has 6 heterocycles. The fourth-order valence-electron chi connectivity index (χ4n) is 5.50. The van der Waals surface area contributed by atoms with Crippen LogP contribution >= 0.6 is 34.8 Å². The van der Waals surface area contributed by atoms with Crippen LogP contribution < -0.4 is 15.1 Å². The zero-order chi connectivity index (χ0) is 37.3. The lowest BCUT2D eigenvalue weighted by Crippen LogP contribution is -2.36. The number of halogens is 4. The Morgan fingerprint density at radius 2 is 1.14 bits per heavy atom. The van der Waals surface area contributed by atoms with Gasteiger partial charge in [-0.1, -0.05) is 34.8 Å². The number of aliphatic hydroxyl groups is 3. The van der Waals surface area contributed by atoms with Crippen LogP contribution in [-0.4, -0.2) is 119 Å². The Morgan fingerprint density at radius 1 is 0.706 bits per heavy atom. The summed E-state index contributed by atoms with van der Waals surface area (Å²) in [6, 6.07) is 9.72. The first-order valence-corrected chi connectivity index (χ1v) is 18.0. The van der Waals surface area contributed by atoms with Crippen molar-refractivity contribution in [2.75, 3.05) is 63.2 Å². The van der Waals surface area contributed by atoms with Crippen LogP contribution in [0, 0.1) is 5.82 Å². The van der Waals surface area contributed by atoms with Crippen LogP contribution in [0.5, 0.6) is 0 Å². The van der Waals surface area contributed by atoms with Gasteiger partial charge in [-0.25, -0.2) is 19.3 Å². The summed E-state index contributed by atoms with van der Waals surface area (Å²) in [7, 11) is 4.04. The number of anilines is 2. The maximum atomic E-state index is 12.4. The van der Waals surface area contributed by atoms with Gasteiger partial charge in [-0.15, -0.1) is 0 Å². The molecule has 12 nitrogen and oxygen atoms in total. The number of aromatic nitrogens is 3. The summed E-state index contributed by atoms with van der Waals surface area (Å²) in [4.78, 5) is 39.2. The maximum Gasteiger partial charge on any atom is 0.171 e. The highest BCUT2D eigenvalue weighted by Gasteiger charge is 2.21. The molecule has 0 spiro atoms. The summed E-state index contributed by atoms with van der Waals surface area (Å²) < 4.78 is 12.4. The predicted molar refractivity (Wildman–Crippen MR) is 199 cm³/mol. The smallest absolute Gasteiger partial charge is 0.171 e. The molecule has 0 saturated carbocycles. The molecular weight excluding hydrogens is 724 g/mol. The lowest BCUT2D eigenvalue weighted by atomic mass is 10.1. The molecule has 51 heavy (non-hydrogen) atoms. The first-order valence-electron chi connectivity index (χ1n) is 16.8. The number of hydrogen-bond acceptors (Lipinski definition) is 12. The fraction of sp³-hybridized carbons (Fsp3) is 0.514. The third kappa shape index (κ3) is 14.9. The zero-order valence-electron chi connectivity index (χ0n) is 28.9. The average Bonchev–Trinajstić information content (AvgIpc) is 3.11. The van der Waals surface area contributed by atoms with Crippen molar-refractivity contribution in [3.63, 3.8) is 0 Å². The van der Waals surface area contributed by atoms with E-state index in [4.69, 9.17) is 39.9 Å². The minimum absolute atomic E-state index is 0.0266. The molecule has 3 saturated heterocycles. The van der Waals surface area contributed by atoms with E-state index in [1.165, 1.54) is 6.07 Å². The molecule has 3 aliphatic heterocycles. The first-order chi connectivity index (χ1) is 24.4. The van der Waals surface area contributed by atoms with Gasteiger partial charge in [0.2, 0.25) is 0 Å². The van der Waals surface area contributed by atoms with Gasteiger partial charge in [0.25, 0.3) is 0 Å². The zero-order valence-corrected chi connectivity index (χ0v) is 31.2. The summed E-state index contributed by atoms with van der Waals surface area (Å²) in [5.41, 5.74) is 3.05. The number of aldehydes is 2. The number of nitrogens with one attached hydrogen (secondary N) is 1. The van der Waals surface area contributed by atoms with E-state index in [0.717, 1.165) is 107 Å². The molecule has 0 bridgehead atoms. The molecule has 3 aromatic heterocycles. The molecule has 0 atom stereocenters. The SMILES string of the molecule is CN(C)Cc1nc(Cl)ccc1N1CCC(O)CC1.O=Cc1nc(Cl)ccc1F.O=Cc1nc(Cl)ccc1N1CCC(O)CC1.OC1CCNCC1. The van der Waals surface area contributed by atoms with Gasteiger partial charge in [-0.2, -0.15) is 0 Å². The second-order valence-electron chi connectivity index (χ2n) is 12.5. The van der Waals surface area contributed by atoms with Gasteiger partial charge < -0.3 is 35.3 Å². The average molecular weight is 771 g/mol. The number of aliphatic hydroxyl groups excluding tert-OH is 3. The number of piperidine rings is 3. The van der Waals surface area contributed by atoms with Crippen molar-refractivity contribution in [1.29, 1.82) is 0 Å². The Kier molecular flexibility index (Phi) is 18.4. The largest absolute Gasteiger partial charge is 0.393 e. The van der Waals surface area contributed by atoms with Crippen LogP contribution in [0.25, 0.3) is 0 Å². The van der Waals surface area contributed by atoms with Crippen molar-refractivity contribution in [1.82, 2.24) is 25.2 Å². The maximum absolute atomic E-state index is 12.4. The van der Waals surface area contributed by atoms with Crippen LogP contribution in [0.4, 0.5) is 15.8 Å². The Labute approximate surface area is 313 Å². The van der Waals surface area contributed by atoms with E-state index in [9.17, 15) is 24.2 Å². The molecule has 0 unspecified atom stereocenters. The molecule has 0 radical (unpaired) electrons. The quantitative estimate of drug-likeness (QED) is 0.203. The van der Waals surface area contributed by atoms with E-state index in [-0.39, 0.29) is 29.2 Å². The summed E-state index contributed by atoms with van der Waals surface area (Å²) in [6.07, 6.45) is 5.58. The minimum atomic E-state index is -0.653. The van der Waals surface area contributed by atoms with Gasteiger partial charge in [0.15, 0.2) is 18.4 Å². The molecule has 0 aromatic carbocycles. The number of carbonyl (C=O) groups is 2. The van der Waals surface area contributed by atoms with Crippen LogP contribution in [0.3, 0.4) is 0 Å². The van der Waals surface area contributed by atoms with E-state index in [0.29, 0.717) is 28.6 Å². The second-order valence-corrected chi connectivity index (χ2v) is 13.7. The molecule has 3 fully saturated rings. The van der Waals surface area contributed by atoms with E-state index < -0.39 is 5.82 Å². The van der Waals surface area contributed by atoms with Crippen LogP contribution in [0.2, 0.25) is 15.5 Å². The second kappa shape index (κ2) is 22.1. The number of hydrogen-bond donors (Lipinski definition) is 4. The van der Waals surface area contributed by atoms with E-state index in [1.54, 1.807) is 12.1 Å². The van der Waals surface area contributed by atoms with Gasteiger partial charge >= 0.3 is 0 Å². The fourth-order valence-corrected chi connectivity index (χ4v) is 5.98. The third-order valence-corrected chi connectivity index (χ3v) is 8.86. The molecule has 3 aromatic rings. The highest BCUT2D eigenvalue weighted by atomic mass is 35.5. The van der Waals surface area contributed by atoms with Crippen LogP contribution in [0.15, 0.2) is 36.4 Å². The van der Waals surface area contributed by atoms with Gasteiger partial charge in [-0.3, -0.25) is 9.59 Å². The minimum Gasteiger partial charge on any atom is -0.393 e. The lowest BCUT2D eigenvalue weighted by Gasteiger charge is -2.32. The molecule has 0 amide bonds. The molecular formula is C35H47Cl3FN7O5. The lowest BCUT2D eigenvalue weighted by molar-refractivity contribution is 0.110. The Balaban J connectivity index is 0.000000194. The highest BCUT2D eigenvalue weighted by molar-refractivity contribution is 6.30. The van der Waals surface area contributed by atoms with Crippen molar-refractivity contribution in [2.45, 2.75) is 63.4 Å². The van der Waals surface area contributed by atoms with Crippen molar-refractivity contribution in [2.24, 2.45) is 0 Å². The van der Waals surface area contributed by atoms with Crippen molar-refractivity contribution in [3.8, 4) is 0 Å². The van der Waals surface area contributed by atoms with E-state index in [2.05, 4.69) is 35.0 Å². The highest BCUT2D eigenvalue weighted by Crippen LogP contribution is 2.26. The van der Waals surface area contributed by atoms with E-state index >= 15 is 0 Å². The van der Waals surface area contributed by atoms with Gasteiger partial charge in [0.05, 0.1) is 35.4 Å². The Morgan fingerprint density at radius 3 is 1.59 bits per heavy atom. The summed E-state index contributed by atoms with van der Waals surface area (Å²) in [6.45, 7) is 5.99. The number of nitrogens with zero attached hydrogens (tertiary/aromatic N) is 6. The third-order valence-electron chi connectivity index (χ3n) is 8.23. The van der Waals surface area contributed by atoms with Gasteiger partial charge in [0, 0.05) is 32.7 Å². The normalized spacial score (nSPS) is 17.0. The number of carbonyl (C=O) groups excluding carboxylic acids is 2. The first kappa shape index (κ1) is 42.4. The van der Waals surface area contributed by atoms with Gasteiger partial charge in [-0.05, 0) is 102 Å². The summed E-state index contributed by atoms with van der Waals surface area (Å²) >= 11 is 17.1. The van der Waals surface area contributed by atoms with Crippen molar-refractivity contribution < 1.29 is 29.3 Å². The van der Waals surface area contributed by atoms with Crippen LogP contribution in [0.1, 0.15) is 65.2 Å². The summed E-state index contributed by atoms with van der Waals surface area (Å²) in [5.74, 6) is -0.653. The van der Waals surface area contributed by atoms with E-state index in [1.807, 2.05) is 26.2 Å².